The van der Waals surface area contributed by atoms with Gasteiger partial charge in [-0.2, -0.15) is 5.10 Å². The average molecular weight is 448 g/mol. The minimum atomic E-state index is -0.0334. The number of amides is 1. The van der Waals surface area contributed by atoms with Gasteiger partial charge in [0, 0.05) is 19.6 Å². The first kappa shape index (κ1) is 21.4. The monoisotopic (exact) mass is 448 g/mol. The molecule has 138 valence electrons. The fraction of sp³-hybridized carbons (Fsp3) is 0.778. The van der Waals surface area contributed by atoms with E-state index in [1.54, 1.807) is 10.9 Å². The van der Waals surface area contributed by atoms with Gasteiger partial charge < -0.3 is 10.2 Å². The summed E-state index contributed by atoms with van der Waals surface area (Å²) in [6.07, 6.45) is 9.24. The summed E-state index contributed by atoms with van der Waals surface area (Å²) in [6.45, 7) is 9.73. The van der Waals surface area contributed by atoms with Crippen LogP contribution < -0.4 is 5.32 Å². The largest absolute Gasteiger partial charge is 0.347 e. The van der Waals surface area contributed by atoms with Crippen molar-refractivity contribution in [1.29, 1.82) is 0 Å². The zero-order chi connectivity index (χ0) is 17.9. The van der Waals surface area contributed by atoms with E-state index in [2.05, 4.69) is 58.7 Å². The molecule has 0 saturated carbocycles. The molecule has 0 aliphatic rings. The molecule has 0 saturated heterocycles. The van der Waals surface area contributed by atoms with Gasteiger partial charge in [-0.05, 0) is 55.4 Å². The second-order valence-electron chi connectivity index (χ2n) is 6.55. The van der Waals surface area contributed by atoms with Crippen LogP contribution in [-0.2, 0) is 7.05 Å². The number of nitrogens with one attached hydrogen (secondary N) is 1. The number of nitrogens with zero attached hydrogens (tertiary/aromatic N) is 3. The van der Waals surface area contributed by atoms with Crippen molar-refractivity contribution in [3.05, 3.63) is 15.5 Å². The normalized spacial score (nSPS) is 12.6. The van der Waals surface area contributed by atoms with Crippen LogP contribution in [0, 0.1) is 3.57 Å². The van der Waals surface area contributed by atoms with Crippen LogP contribution in [0.25, 0.3) is 0 Å². The number of hydrogen-bond acceptors (Lipinski definition) is 3. The minimum absolute atomic E-state index is 0.0334. The van der Waals surface area contributed by atoms with Gasteiger partial charge in [0.05, 0.1) is 9.77 Å². The summed E-state index contributed by atoms with van der Waals surface area (Å²) in [5, 5.41) is 7.27. The van der Waals surface area contributed by atoms with E-state index in [0.29, 0.717) is 5.69 Å². The third kappa shape index (κ3) is 7.51. The number of carbonyl (C=O) groups is 1. The molecule has 0 fully saturated rings. The summed E-state index contributed by atoms with van der Waals surface area (Å²) in [6, 6.07) is 0.131. The van der Waals surface area contributed by atoms with Crippen molar-refractivity contribution >= 4 is 28.5 Å². The predicted octanol–water partition coefficient (Wildman–Crippen LogP) is 3.83. The van der Waals surface area contributed by atoms with Crippen LogP contribution in [0.5, 0.6) is 0 Å². The van der Waals surface area contributed by atoms with E-state index in [-0.39, 0.29) is 11.9 Å². The Hall–Kier alpha value is -0.630. The van der Waals surface area contributed by atoms with E-state index in [1.807, 2.05) is 7.05 Å². The lowest BCUT2D eigenvalue weighted by atomic mass is 10.2. The highest BCUT2D eigenvalue weighted by Gasteiger charge is 2.18. The molecular weight excluding hydrogens is 415 g/mol. The molecule has 1 atom stereocenters. The molecule has 24 heavy (non-hydrogen) atoms. The van der Waals surface area contributed by atoms with Crippen molar-refractivity contribution in [2.45, 2.75) is 65.3 Å². The van der Waals surface area contributed by atoms with Gasteiger partial charge in [-0.3, -0.25) is 9.48 Å². The van der Waals surface area contributed by atoms with Crippen molar-refractivity contribution in [3.63, 3.8) is 0 Å². The molecule has 1 amide bonds. The number of aromatic nitrogens is 2. The summed E-state index contributed by atoms with van der Waals surface area (Å²) in [4.78, 5) is 15.0. The maximum absolute atomic E-state index is 12.5. The number of aryl methyl sites for hydroxylation is 1. The van der Waals surface area contributed by atoms with Crippen molar-refractivity contribution in [3.8, 4) is 0 Å². The van der Waals surface area contributed by atoms with Crippen LogP contribution in [0.2, 0.25) is 0 Å². The Kier molecular flexibility index (Phi) is 10.6. The van der Waals surface area contributed by atoms with Crippen LogP contribution in [0.3, 0.4) is 0 Å². The topological polar surface area (TPSA) is 50.2 Å². The summed E-state index contributed by atoms with van der Waals surface area (Å²) in [5.41, 5.74) is 0.644. The number of rotatable bonds is 12. The molecule has 0 aliphatic heterocycles. The molecule has 0 radical (unpaired) electrons. The van der Waals surface area contributed by atoms with Gasteiger partial charge in [0.25, 0.3) is 5.91 Å². The molecule has 0 aliphatic carbocycles. The van der Waals surface area contributed by atoms with E-state index in [4.69, 9.17) is 0 Å². The van der Waals surface area contributed by atoms with E-state index >= 15 is 0 Å². The van der Waals surface area contributed by atoms with Gasteiger partial charge in [-0.15, -0.1) is 0 Å². The Bertz CT molecular complexity index is 460. The first-order valence-corrected chi connectivity index (χ1v) is 10.3. The highest BCUT2D eigenvalue weighted by molar-refractivity contribution is 14.1. The second-order valence-corrected chi connectivity index (χ2v) is 7.72. The highest BCUT2D eigenvalue weighted by atomic mass is 127. The van der Waals surface area contributed by atoms with Crippen molar-refractivity contribution in [1.82, 2.24) is 20.0 Å². The Labute approximate surface area is 160 Å². The van der Waals surface area contributed by atoms with Crippen LogP contribution in [0.4, 0.5) is 0 Å². The van der Waals surface area contributed by atoms with Crippen molar-refractivity contribution in [2.24, 2.45) is 7.05 Å². The standard InChI is InChI=1S/C18H33IN4O/c1-5-7-9-11-23(12-10-8-6-2)14-15(3)21-18(24)17-16(19)13-20-22(17)4/h13,15H,5-12,14H2,1-4H3,(H,21,24). The van der Waals surface area contributed by atoms with E-state index in [9.17, 15) is 4.79 Å². The quantitative estimate of drug-likeness (QED) is 0.391. The second kappa shape index (κ2) is 11.8. The summed E-state index contributed by atoms with van der Waals surface area (Å²) in [7, 11) is 1.81. The Morgan fingerprint density at radius 1 is 1.25 bits per heavy atom. The number of carbonyl (C=O) groups excluding carboxylic acids is 1. The Morgan fingerprint density at radius 3 is 2.29 bits per heavy atom. The number of hydrogen-bond donors (Lipinski definition) is 1. The smallest absolute Gasteiger partial charge is 0.270 e. The lowest BCUT2D eigenvalue weighted by Crippen LogP contribution is -2.43. The molecule has 1 N–H and O–H groups in total. The first-order valence-electron chi connectivity index (χ1n) is 9.20. The maximum atomic E-state index is 12.5. The van der Waals surface area contributed by atoms with Gasteiger partial charge in [0.1, 0.15) is 5.69 Å². The number of unbranched alkanes of at least 4 members (excludes halogenated alkanes) is 4. The zero-order valence-electron chi connectivity index (χ0n) is 15.6. The Balaban J connectivity index is 2.52. The lowest BCUT2D eigenvalue weighted by molar-refractivity contribution is 0.0918. The lowest BCUT2D eigenvalue weighted by Gasteiger charge is -2.26. The van der Waals surface area contributed by atoms with Crippen LogP contribution in [0.1, 0.15) is 69.8 Å². The fourth-order valence-electron chi connectivity index (χ4n) is 2.86. The maximum Gasteiger partial charge on any atom is 0.270 e. The van der Waals surface area contributed by atoms with Gasteiger partial charge in [-0.25, -0.2) is 0 Å². The third-order valence-corrected chi connectivity index (χ3v) is 4.96. The number of halogens is 1. The van der Waals surface area contributed by atoms with Gasteiger partial charge >= 0.3 is 0 Å². The molecule has 6 heteroatoms. The van der Waals surface area contributed by atoms with Crippen LogP contribution >= 0.6 is 22.6 Å². The molecular formula is C18H33IN4O. The van der Waals surface area contributed by atoms with Crippen molar-refractivity contribution < 1.29 is 4.79 Å². The van der Waals surface area contributed by atoms with Gasteiger partial charge in [0.15, 0.2) is 0 Å². The summed E-state index contributed by atoms with van der Waals surface area (Å²) < 4.78 is 2.53. The zero-order valence-corrected chi connectivity index (χ0v) is 17.8. The molecule has 1 rings (SSSR count). The molecule has 0 aromatic carbocycles. The first-order chi connectivity index (χ1) is 11.5. The van der Waals surface area contributed by atoms with Gasteiger partial charge in [-0.1, -0.05) is 39.5 Å². The third-order valence-electron chi connectivity index (χ3n) is 4.17. The van der Waals surface area contributed by atoms with E-state index < -0.39 is 0 Å². The minimum Gasteiger partial charge on any atom is -0.347 e. The molecule has 1 heterocycles. The highest BCUT2D eigenvalue weighted by Crippen LogP contribution is 2.11. The average Bonchev–Trinajstić information content (AvgIpc) is 2.86. The van der Waals surface area contributed by atoms with E-state index in [0.717, 1.165) is 23.2 Å². The molecule has 1 aromatic heterocycles. The van der Waals surface area contributed by atoms with E-state index in [1.165, 1.54) is 38.5 Å². The van der Waals surface area contributed by atoms with Crippen LogP contribution in [0.15, 0.2) is 6.20 Å². The van der Waals surface area contributed by atoms with Gasteiger partial charge in [0.2, 0.25) is 0 Å². The predicted molar refractivity (Wildman–Crippen MR) is 108 cm³/mol. The molecule has 0 bridgehead atoms. The Morgan fingerprint density at radius 2 is 1.83 bits per heavy atom. The van der Waals surface area contributed by atoms with Crippen molar-refractivity contribution in [2.75, 3.05) is 19.6 Å². The molecule has 1 unspecified atom stereocenters. The van der Waals surface area contributed by atoms with Crippen LogP contribution in [-0.4, -0.2) is 46.3 Å². The summed E-state index contributed by atoms with van der Waals surface area (Å²) >= 11 is 2.16. The molecule has 5 nitrogen and oxygen atoms in total. The SMILES string of the molecule is CCCCCN(CCCCC)CC(C)NC(=O)c1c(I)cnn1C. The molecule has 0 spiro atoms. The molecule has 1 aromatic rings. The summed E-state index contributed by atoms with van der Waals surface area (Å²) in [5.74, 6) is -0.0334. The fourth-order valence-corrected chi connectivity index (χ4v) is 3.58.